The molecule has 1 saturated heterocycles. The topological polar surface area (TPSA) is 83.9 Å². The number of sulfonamides is 1. The Hall–Kier alpha value is -1.31. The van der Waals surface area contributed by atoms with E-state index >= 15 is 0 Å². The maximum atomic E-state index is 12.6. The molecule has 0 saturated carbocycles. The zero-order chi connectivity index (χ0) is 17.0. The van der Waals surface area contributed by atoms with Gasteiger partial charge in [0.25, 0.3) is 0 Å². The van der Waals surface area contributed by atoms with Crippen LogP contribution in [0, 0.1) is 5.92 Å². The zero-order valence-corrected chi connectivity index (χ0v) is 14.4. The van der Waals surface area contributed by atoms with Crippen molar-refractivity contribution in [3.8, 4) is 5.75 Å². The van der Waals surface area contributed by atoms with Crippen LogP contribution in [0.3, 0.4) is 0 Å². The maximum absolute atomic E-state index is 12.6. The fourth-order valence-corrected chi connectivity index (χ4v) is 4.54. The van der Waals surface area contributed by atoms with Gasteiger partial charge in [0.15, 0.2) is 0 Å². The molecule has 1 aliphatic rings. The minimum Gasteiger partial charge on any atom is -0.495 e. The quantitative estimate of drug-likeness (QED) is 0.841. The minimum absolute atomic E-state index is 0.130. The summed E-state index contributed by atoms with van der Waals surface area (Å²) >= 11 is 6.00. The summed E-state index contributed by atoms with van der Waals surface area (Å²) in [4.78, 5) is 10.8. The van der Waals surface area contributed by atoms with Gasteiger partial charge in [-0.3, -0.25) is 4.79 Å². The summed E-state index contributed by atoms with van der Waals surface area (Å²) in [6.07, 6.45) is 2.08. The Morgan fingerprint density at radius 3 is 2.57 bits per heavy atom. The highest BCUT2D eigenvalue weighted by Gasteiger charge is 2.29. The van der Waals surface area contributed by atoms with Crippen molar-refractivity contribution in [3.05, 3.63) is 23.2 Å². The lowest BCUT2D eigenvalue weighted by atomic mass is 9.93. The lowest BCUT2D eigenvalue weighted by Gasteiger charge is -2.31. The molecule has 0 aromatic heterocycles. The molecule has 1 aromatic rings. The molecule has 6 nitrogen and oxygen atoms in total. The third-order valence-corrected chi connectivity index (χ3v) is 6.29. The van der Waals surface area contributed by atoms with Crippen molar-refractivity contribution in [1.82, 2.24) is 4.31 Å². The van der Waals surface area contributed by atoms with Gasteiger partial charge in [-0.15, -0.1) is 0 Å². The second kappa shape index (κ2) is 7.51. The van der Waals surface area contributed by atoms with Crippen molar-refractivity contribution in [2.45, 2.75) is 30.6 Å². The van der Waals surface area contributed by atoms with E-state index in [0.717, 1.165) is 0 Å². The zero-order valence-electron chi connectivity index (χ0n) is 12.9. The van der Waals surface area contributed by atoms with Crippen LogP contribution in [-0.2, 0) is 14.8 Å². The monoisotopic (exact) mass is 361 g/mol. The molecule has 1 aromatic carbocycles. The maximum Gasteiger partial charge on any atom is 0.303 e. The lowest BCUT2D eigenvalue weighted by molar-refractivity contribution is -0.137. The first kappa shape index (κ1) is 18.0. The molecule has 2 rings (SSSR count). The minimum atomic E-state index is -3.59. The van der Waals surface area contributed by atoms with E-state index in [4.69, 9.17) is 21.4 Å². The van der Waals surface area contributed by atoms with Crippen LogP contribution in [0.1, 0.15) is 25.7 Å². The Morgan fingerprint density at radius 2 is 2.04 bits per heavy atom. The number of carboxylic acid groups (broad SMARTS) is 1. The number of ether oxygens (including phenoxy) is 1. The predicted molar refractivity (Wildman–Crippen MR) is 86.4 cm³/mol. The van der Waals surface area contributed by atoms with E-state index in [9.17, 15) is 13.2 Å². The molecule has 0 radical (unpaired) electrons. The van der Waals surface area contributed by atoms with Crippen molar-refractivity contribution < 1.29 is 23.1 Å². The van der Waals surface area contributed by atoms with Crippen molar-refractivity contribution >= 4 is 27.6 Å². The number of halogens is 1. The molecule has 1 fully saturated rings. The third kappa shape index (κ3) is 4.37. The van der Waals surface area contributed by atoms with E-state index in [2.05, 4.69) is 0 Å². The molecule has 0 amide bonds. The van der Waals surface area contributed by atoms with Crippen LogP contribution in [0.15, 0.2) is 23.1 Å². The van der Waals surface area contributed by atoms with E-state index in [1.165, 1.54) is 29.6 Å². The normalized spacial score (nSPS) is 17.1. The number of hydrogen-bond acceptors (Lipinski definition) is 4. The van der Waals surface area contributed by atoms with Crippen molar-refractivity contribution in [3.63, 3.8) is 0 Å². The van der Waals surface area contributed by atoms with Gasteiger partial charge in [0, 0.05) is 19.5 Å². The Bertz CT molecular complexity index is 668. The number of hydrogen-bond donors (Lipinski definition) is 1. The first-order chi connectivity index (χ1) is 10.8. The molecule has 1 aliphatic heterocycles. The molecular formula is C15H20ClNO5S. The van der Waals surface area contributed by atoms with Crippen molar-refractivity contribution in [2.75, 3.05) is 20.2 Å². The predicted octanol–water partition coefficient (Wildman–Crippen LogP) is 2.61. The van der Waals surface area contributed by atoms with Gasteiger partial charge >= 0.3 is 5.97 Å². The Morgan fingerprint density at radius 1 is 1.39 bits per heavy atom. The van der Waals surface area contributed by atoms with E-state index in [1.807, 2.05) is 0 Å². The first-order valence-corrected chi connectivity index (χ1v) is 9.22. The van der Waals surface area contributed by atoms with Crippen LogP contribution in [0.4, 0.5) is 0 Å². The average molecular weight is 362 g/mol. The Labute approximate surface area is 141 Å². The summed E-state index contributed by atoms with van der Waals surface area (Å²) in [5.41, 5.74) is 0. The highest BCUT2D eigenvalue weighted by molar-refractivity contribution is 7.89. The number of benzene rings is 1. The summed E-state index contributed by atoms with van der Waals surface area (Å²) in [5, 5.41) is 8.97. The number of nitrogens with zero attached hydrogens (tertiary/aromatic N) is 1. The standard InChI is InChI=1S/C15H20ClNO5S/c1-22-14-4-3-12(10-13(14)16)23(20,21)17-8-6-11(7-9-17)2-5-15(18)19/h3-4,10-11H,2,5-9H2,1H3,(H,18,19). The van der Waals surface area contributed by atoms with Gasteiger partial charge in [-0.25, -0.2) is 8.42 Å². The number of carboxylic acids is 1. The SMILES string of the molecule is COc1ccc(S(=O)(=O)N2CCC(CCC(=O)O)CC2)cc1Cl. The fourth-order valence-electron chi connectivity index (χ4n) is 2.72. The van der Waals surface area contributed by atoms with Crippen LogP contribution < -0.4 is 4.74 Å². The van der Waals surface area contributed by atoms with Gasteiger partial charge in [0.05, 0.1) is 17.0 Å². The van der Waals surface area contributed by atoms with Crippen molar-refractivity contribution in [1.29, 1.82) is 0 Å². The highest BCUT2D eigenvalue weighted by atomic mass is 35.5. The number of carbonyl (C=O) groups is 1. The van der Waals surface area contributed by atoms with Gasteiger partial charge in [-0.05, 0) is 43.4 Å². The van der Waals surface area contributed by atoms with Gasteiger partial charge < -0.3 is 9.84 Å². The van der Waals surface area contributed by atoms with E-state index in [0.29, 0.717) is 38.1 Å². The molecular weight excluding hydrogens is 342 g/mol. The Balaban J connectivity index is 2.04. The van der Waals surface area contributed by atoms with Gasteiger partial charge in [0.1, 0.15) is 5.75 Å². The molecule has 128 valence electrons. The van der Waals surface area contributed by atoms with E-state index < -0.39 is 16.0 Å². The second-order valence-electron chi connectivity index (χ2n) is 5.58. The summed E-state index contributed by atoms with van der Waals surface area (Å²) in [7, 11) is -2.12. The number of methoxy groups -OCH3 is 1. The van der Waals surface area contributed by atoms with Crippen LogP contribution in [-0.4, -0.2) is 44.0 Å². The molecule has 0 atom stereocenters. The molecule has 1 N–H and O–H groups in total. The van der Waals surface area contributed by atoms with Crippen molar-refractivity contribution in [2.24, 2.45) is 5.92 Å². The van der Waals surface area contributed by atoms with Gasteiger partial charge in [-0.2, -0.15) is 4.31 Å². The van der Waals surface area contributed by atoms with E-state index in [1.54, 1.807) is 0 Å². The molecule has 23 heavy (non-hydrogen) atoms. The number of rotatable bonds is 6. The highest BCUT2D eigenvalue weighted by Crippen LogP contribution is 2.30. The molecule has 0 spiro atoms. The molecule has 0 unspecified atom stereocenters. The molecule has 0 aliphatic carbocycles. The van der Waals surface area contributed by atoms with Crippen LogP contribution in [0.5, 0.6) is 5.75 Å². The third-order valence-electron chi connectivity index (χ3n) is 4.10. The smallest absolute Gasteiger partial charge is 0.303 e. The first-order valence-electron chi connectivity index (χ1n) is 7.40. The fraction of sp³-hybridized carbons (Fsp3) is 0.533. The summed E-state index contributed by atoms with van der Waals surface area (Å²) < 4.78 is 31.8. The lowest BCUT2D eigenvalue weighted by Crippen LogP contribution is -2.38. The average Bonchev–Trinajstić information content (AvgIpc) is 2.53. The van der Waals surface area contributed by atoms with Gasteiger partial charge in [0.2, 0.25) is 10.0 Å². The van der Waals surface area contributed by atoms with Crippen LogP contribution in [0.2, 0.25) is 5.02 Å². The van der Waals surface area contributed by atoms with Gasteiger partial charge in [-0.1, -0.05) is 11.6 Å². The van der Waals surface area contributed by atoms with Crippen LogP contribution in [0.25, 0.3) is 0 Å². The number of piperidine rings is 1. The number of aliphatic carboxylic acids is 1. The largest absolute Gasteiger partial charge is 0.495 e. The summed E-state index contributed by atoms with van der Waals surface area (Å²) in [6.45, 7) is 0.798. The van der Waals surface area contributed by atoms with E-state index in [-0.39, 0.29) is 22.3 Å². The summed E-state index contributed by atoms with van der Waals surface area (Å²) in [6, 6.07) is 4.41. The molecule has 0 bridgehead atoms. The summed E-state index contributed by atoms with van der Waals surface area (Å²) in [5.74, 6) is -0.122. The second-order valence-corrected chi connectivity index (χ2v) is 7.92. The Kier molecular flexibility index (Phi) is 5.89. The molecule has 8 heteroatoms. The van der Waals surface area contributed by atoms with Crippen LogP contribution >= 0.6 is 11.6 Å². The molecule has 1 heterocycles.